The second-order valence-electron chi connectivity index (χ2n) is 5.03. The molecule has 0 atom stereocenters. The van der Waals surface area contributed by atoms with Crippen molar-refractivity contribution in [1.82, 2.24) is 10.2 Å². The number of carbonyl (C=O) groups is 3. The molecule has 0 aliphatic carbocycles. The normalized spacial score (nSPS) is 17.9. The van der Waals surface area contributed by atoms with Crippen LogP contribution in [0, 0.1) is 5.41 Å². The Hall–Kier alpha value is -1.69. The van der Waals surface area contributed by atoms with E-state index in [0.717, 1.165) is 14.9 Å². The van der Waals surface area contributed by atoms with Crippen LogP contribution >= 0.6 is 15.9 Å². The Morgan fingerprint density at radius 2 is 1.76 bits per heavy atom. The van der Waals surface area contributed by atoms with Crippen molar-refractivity contribution in [3.8, 4) is 0 Å². The fraction of sp³-hybridized carbons (Fsp3) is 0.400. The third kappa shape index (κ3) is 2.60. The van der Waals surface area contributed by atoms with Gasteiger partial charge in [0.05, 0.1) is 6.54 Å². The molecular formula is C15H17BrN2O3. The van der Waals surface area contributed by atoms with E-state index in [1.807, 2.05) is 24.3 Å². The molecule has 112 valence electrons. The van der Waals surface area contributed by atoms with E-state index in [1.54, 1.807) is 13.8 Å². The van der Waals surface area contributed by atoms with Gasteiger partial charge in [0, 0.05) is 4.47 Å². The molecular weight excluding hydrogens is 336 g/mol. The molecule has 4 amide bonds. The molecule has 1 heterocycles. The molecule has 2 rings (SSSR count). The molecule has 0 spiro atoms. The van der Waals surface area contributed by atoms with E-state index in [0.29, 0.717) is 12.8 Å². The summed E-state index contributed by atoms with van der Waals surface area (Å²) in [5, 5.41) is 2.30. The summed E-state index contributed by atoms with van der Waals surface area (Å²) in [6.45, 7) is 3.71. The van der Waals surface area contributed by atoms with Gasteiger partial charge in [0.25, 0.3) is 0 Å². The minimum absolute atomic E-state index is 0.140. The summed E-state index contributed by atoms with van der Waals surface area (Å²) in [6, 6.07) is 6.72. The van der Waals surface area contributed by atoms with Gasteiger partial charge in [0.2, 0.25) is 11.8 Å². The van der Waals surface area contributed by atoms with Crippen LogP contribution in [0.1, 0.15) is 32.3 Å². The van der Waals surface area contributed by atoms with Crippen LogP contribution < -0.4 is 5.32 Å². The largest absolute Gasteiger partial charge is 0.331 e. The molecule has 0 saturated carbocycles. The van der Waals surface area contributed by atoms with Crippen molar-refractivity contribution >= 4 is 33.8 Å². The van der Waals surface area contributed by atoms with Gasteiger partial charge in [0.1, 0.15) is 5.41 Å². The van der Waals surface area contributed by atoms with Crippen LogP contribution in [0.2, 0.25) is 0 Å². The number of barbiturate groups is 1. The molecule has 1 N–H and O–H groups in total. The van der Waals surface area contributed by atoms with Crippen molar-refractivity contribution in [2.24, 2.45) is 5.41 Å². The lowest BCUT2D eigenvalue weighted by Crippen LogP contribution is -2.63. The molecule has 1 fully saturated rings. The van der Waals surface area contributed by atoms with Gasteiger partial charge in [0.15, 0.2) is 0 Å². The van der Waals surface area contributed by atoms with E-state index in [-0.39, 0.29) is 6.54 Å². The van der Waals surface area contributed by atoms with Gasteiger partial charge in [-0.25, -0.2) is 4.79 Å². The quantitative estimate of drug-likeness (QED) is 0.847. The van der Waals surface area contributed by atoms with Crippen molar-refractivity contribution in [1.29, 1.82) is 0 Å². The fourth-order valence-corrected chi connectivity index (χ4v) is 2.96. The topological polar surface area (TPSA) is 66.5 Å². The monoisotopic (exact) mass is 352 g/mol. The van der Waals surface area contributed by atoms with E-state index in [9.17, 15) is 14.4 Å². The zero-order valence-corrected chi connectivity index (χ0v) is 13.6. The van der Waals surface area contributed by atoms with Crippen LogP contribution in [0.5, 0.6) is 0 Å². The van der Waals surface area contributed by atoms with Crippen LogP contribution in [-0.4, -0.2) is 22.7 Å². The number of halogens is 1. The number of rotatable bonds is 4. The van der Waals surface area contributed by atoms with Gasteiger partial charge < -0.3 is 0 Å². The highest BCUT2D eigenvalue weighted by Crippen LogP contribution is 2.33. The van der Waals surface area contributed by atoms with Crippen molar-refractivity contribution in [2.45, 2.75) is 33.2 Å². The van der Waals surface area contributed by atoms with Gasteiger partial charge in [-0.2, -0.15) is 0 Å². The summed E-state index contributed by atoms with van der Waals surface area (Å²) in [7, 11) is 0. The first-order valence-electron chi connectivity index (χ1n) is 6.87. The molecule has 1 aromatic rings. The highest BCUT2D eigenvalue weighted by Gasteiger charge is 2.51. The van der Waals surface area contributed by atoms with E-state index >= 15 is 0 Å². The van der Waals surface area contributed by atoms with Crippen LogP contribution in [0.3, 0.4) is 0 Å². The van der Waals surface area contributed by atoms with E-state index < -0.39 is 23.3 Å². The molecule has 1 saturated heterocycles. The van der Waals surface area contributed by atoms with Crippen LogP contribution in [0.25, 0.3) is 0 Å². The SMILES string of the molecule is CCC1(CC)C(=O)NC(=O)N(Cc2ccccc2Br)C1=O. The molecule has 0 aromatic heterocycles. The molecule has 0 unspecified atom stereocenters. The lowest BCUT2D eigenvalue weighted by molar-refractivity contribution is -0.152. The summed E-state index contributed by atoms with van der Waals surface area (Å²) in [4.78, 5) is 37.9. The number of urea groups is 1. The lowest BCUT2D eigenvalue weighted by Gasteiger charge is -2.38. The highest BCUT2D eigenvalue weighted by molar-refractivity contribution is 9.10. The Morgan fingerprint density at radius 1 is 1.14 bits per heavy atom. The van der Waals surface area contributed by atoms with Crippen molar-refractivity contribution in [3.63, 3.8) is 0 Å². The van der Waals surface area contributed by atoms with Crippen molar-refractivity contribution in [2.75, 3.05) is 0 Å². The predicted octanol–water partition coefficient (Wildman–Crippen LogP) is 2.83. The summed E-state index contributed by atoms with van der Waals surface area (Å²) in [6.07, 6.45) is 0.738. The molecule has 1 aromatic carbocycles. The average Bonchev–Trinajstić information content (AvgIpc) is 2.46. The van der Waals surface area contributed by atoms with Crippen LogP contribution in [-0.2, 0) is 16.1 Å². The maximum Gasteiger partial charge on any atom is 0.331 e. The highest BCUT2D eigenvalue weighted by atomic mass is 79.9. The first-order valence-corrected chi connectivity index (χ1v) is 7.66. The molecule has 1 aliphatic heterocycles. The number of hydrogen-bond acceptors (Lipinski definition) is 3. The zero-order valence-electron chi connectivity index (χ0n) is 12.0. The Kier molecular flexibility index (Phi) is 4.46. The van der Waals surface area contributed by atoms with E-state index in [4.69, 9.17) is 0 Å². The third-order valence-electron chi connectivity index (χ3n) is 4.05. The van der Waals surface area contributed by atoms with Gasteiger partial charge in [-0.3, -0.25) is 19.8 Å². The standard InChI is InChI=1S/C15H17BrN2O3/c1-3-15(4-2)12(19)17-14(21)18(13(15)20)9-10-7-5-6-8-11(10)16/h5-8H,3-4,9H2,1-2H3,(H,17,19,21). The number of hydrogen-bond donors (Lipinski definition) is 1. The maximum atomic E-state index is 12.7. The Morgan fingerprint density at radius 3 is 2.33 bits per heavy atom. The smallest absolute Gasteiger partial charge is 0.277 e. The second-order valence-corrected chi connectivity index (χ2v) is 5.89. The van der Waals surface area contributed by atoms with Crippen molar-refractivity contribution in [3.05, 3.63) is 34.3 Å². The molecule has 21 heavy (non-hydrogen) atoms. The Balaban J connectivity index is 2.35. The third-order valence-corrected chi connectivity index (χ3v) is 4.82. The van der Waals surface area contributed by atoms with Gasteiger partial charge >= 0.3 is 6.03 Å². The van der Waals surface area contributed by atoms with Gasteiger partial charge in [-0.05, 0) is 24.5 Å². The number of amides is 4. The predicted molar refractivity (Wildman–Crippen MR) is 81.2 cm³/mol. The summed E-state index contributed by atoms with van der Waals surface area (Å²) in [5.41, 5.74) is -0.328. The summed E-state index contributed by atoms with van der Waals surface area (Å²) < 4.78 is 0.820. The molecule has 0 radical (unpaired) electrons. The van der Waals surface area contributed by atoms with Gasteiger partial charge in [-0.1, -0.05) is 48.0 Å². The minimum Gasteiger partial charge on any atom is -0.277 e. The van der Waals surface area contributed by atoms with Crippen molar-refractivity contribution < 1.29 is 14.4 Å². The lowest BCUT2D eigenvalue weighted by atomic mass is 9.78. The Labute approximate surface area is 131 Å². The molecule has 0 bridgehead atoms. The maximum absolute atomic E-state index is 12.7. The summed E-state index contributed by atoms with van der Waals surface area (Å²) >= 11 is 3.40. The first-order chi connectivity index (χ1) is 9.96. The zero-order chi connectivity index (χ0) is 15.6. The van der Waals surface area contributed by atoms with E-state index in [1.165, 1.54) is 0 Å². The van der Waals surface area contributed by atoms with E-state index in [2.05, 4.69) is 21.2 Å². The van der Waals surface area contributed by atoms with Gasteiger partial charge in [-0.15, -0.1) is 0 Å². The van der Waals surface area contributed by atoms with Crippen LogP contribution in [0.4, 0.5) is 4.79 Å². The number of imide groups is 2. The van der Waals surface area contributed by atoms with Crippen LogP contribution in [0.15, 0.2) is 28.7 Å². The molecule has 6 heteroatoms. The second kappa shape index (κ2) is 5.97. The molecule has 1 aliphatic rings. The summed E-state index contributed by atoms with van der Waals surface area (Å²) in [5.74, 6) is -0.914. The minimum atomic E-state index is -1.14. The fourth-order valence-electron chi connectivity index (χ4n) is 2.55. The average molecular weight is 353 g/mol. The number of nitrogens with zero attached hydrogens (tertiary/aromatic N) is 1. The number of benzene rings is 1. The number of carbonyl (C=O) groups excluding carboxylic acids is 3. The molecule has 5 nitrogen and oxygen atoms in total. The Bertz CT molecular complexity index is 596. The number of nitrogens with one attached hydrogen (secondary N) is 1. The first kappa shape index (κ1) is 15.7.